The molecule has 1 saturated heterocycles. The molecule has 6 nitrogen and oxygen atoms in total. The number of carbonyl (C=O) groups is 2. The summed E-state index contributed by atoms with van der Waals surface area (Å²) < 4.78 is 5.47. The van der Waals surface area contributed by atoms with Crippen LogP contribution in [-0.2, 0) is 0 Å². The summed E-state index contributed by atoms with van der Waals surface area (Å²) in [5.41, 5.74) is 0.691. The molecule has 104 valence electrons. The van der Waals surface area contributed by atoms with E-state index in [1.165, 1.54) is 0 Å². The van der Waals surface area contributed by atoms with E-state index < -0.39 is 0 Å². The summed E-state index contributed by atoms with van der Waals surface area (Å²) in [6.45, 7) is 2.25. The highest BCUT2D eigenvalue weighted by molar-refractivity contribution is 5.96. The number of nitrogens with one attached hydrogen (secondary N) is 2. The molecule has 0 unspecified atom stereocenters. The standard InChI is InChI=1S/C14H15N3O3/c18-13(15-5-7-17-8-6-16-14(17)19)12-9-10-3-1-2-4-11(10)20-12/h1-4,9H,5-8H2,(H,15,18)(H,16,19). The molecule has 1 aromatic carbocycles. The zero-order chi connectivity index (χ0) is 13.9. The molecule has 1 fully saturated rings. The number of carbonyl (C=O) groups excluding carboxylic acids is 2. The predicted octanol–water partition coefficient (Wildman–Crippen LogP) is 1.19. The second-order valence-corrected chi connectivity index (χ2v) is 4.62. The Balaban J connectivity index is 1.57. The van der Waals surface area contributed by atoms with Crippen molar-refractivity contribution in [2.24, 2.45) is 0 Å². The molecule has 0 spiro atoms. The zero-order valence-corrected chi connectivity index (χ0v) is 10.9. The number of amides is 3. The van der Waals surface area contributed by atoms with Crippen molar-refractivity contribution in [3.63, 3.8) is 0 Å². The van der Waals surface area contributed by atoms with E-state index in [9.17, 15) is 9.59 Å². The van der Waals surface area contributed by atoms with Gasteiger partial charge in [0.15, 0.2) is 5.76 Å². The van der Waals surface area contributed by atoms with Gasteiger partial charge in [-0.2, -0.15) is 0 Å². The molecule has 1 aromatic heterocycles. The Morgan fingerprint density at radius 3 is 3.00 bits per heavy atom. The maximum absolute atomic E-state index is 11.9. The molecule has 0 radical (unpaired) electrons. The van der Waals surface area contributed by atoms with Crippen LogP contribution < -0.4 is 10.6 Å². The molecule has 3 amide bonds. The molecular formula is C14H15N3O3. The van der Waals surface area contributed by atoms with Crippen molar-refractivity contribution in [2.75, 3.05) is 26.2 Å². The number of urea groups is 1. The van der Waals surface area contributed by atoms with Crippen LogP contribution in [-0.4, -0.2) is 43.0 Å². The summed E-state index contributed by atoms with van der Waals surface area (Å²) in [5, 5.41) is 6.37. The Morgan fingerprint density at radius 2 is 2.25 bits per heavy atom. The van der Waals surface area contributed by atoms with Crippen molar-refractivity contribution in [1.82, 2.24) is 15.5 Å². The van der Waals surface area contributed by atoms with E-state index in [0.717, 1.165) is 5.39 Å². The van der Waals surface area contributed by atoms with E-state index >= 15 is 0 Å². The van der Waals surface area contributed by atoms with Gasteiger partial charge in [0, 0.05) is 31.6 Å². The summed E-state index contributed by atoms with van der Waals surface area (Å²) >= 11 is 0. The van der Waals surface area contributed by atoms with Crippen molar-refractivity contribution in [2.45, 2.75) is 0 Å². The number of hydrogen-bond donors (Lipinski definition) is 2. The summed E-state index contributed by atoms with van der Waals surface area (Å²) in [7, 11) is 0. The van der Waals surface area contributed by atoms with E-state index in [0.29, 0.717) is 31.8 Å². The van der Waals surface area contributed by atoms with Gasteiger partial charge in [0.1, 0.15) is 5.58 Å². The molecule has 1 aliphatic rings. The molecular weight excluding hydrogens is 258 g/mol. The van der Waals surface area contributed by atoms with Gasteiger partial charge in [-0.05, 0) is 12.1 Å². The second kappa shape index (κ2) is 5.24. The molecule has 2 N–H and O–H groups in total. The number of hydrogen-bond acceptors (Lipinski definition) is 3. The first-order valence-corrected chi connectivity index (χ1v) is 6.53. The largest absolute Gasteiger partial charge is 0.451 e. The SMILES string of the molecule is O=C(NCCN1CCNC1=O)c1cc2ccccc2o1. The molecule has 0 saturated carbocycles. The fraction of sp³-hybridized carbons (Fsp3) is 0.286. The van der Waals surface area contributed by atoms with Crippen LogP contribution in [0.25, 0.3) is 11.0 Å². The first-order chi connectivity index (χ1) is 9.74. The molecule has 2 aromatic rings. The Bertz CT molecular complexity index is 617. The molecule has 2 heterocycles. The van der Waals surface area contributed by atoms with Gasteiger partial charge in [0.2, 0.25) is 0 Å². The number of para-hydroxylation sites is 1. The van der Waals surface area contributed by atoms with E-state index in [1.807, 2.05) is 24.3 Å². The number of nitrogens with zero attached hydrogens (tertiary/aromatic N) is 1. The van der Waals surface area contributed by atoms with Crippen LogP contribution in [0.2, 0.25) is 0 Å². The smallest absolute Gasteiger partial charge is 0.317 e. The van der Waals surface area contributed by atoms with Gasteiger partial charge in [-0.15, -0.1) is 0 Å². The van der Waals surface area contributed by atoms with Crippen LogP contribution in [0.4, 0.5) is 4.79 Å². The lowest BCUT2D eigenvalue weighted by Crippen LogP contribution is -2.36. The first-order valence-electron chi connectivity index (χ1n) is 6.53. The minimum absolute atomic E-state index is 0.0806. The van der Waals surface area contributed by atoms with Crippen LogP contribution in [0.3, 0.4) is 0 Å². The lowest BCUT2D eigenvalue weighted by Gasteiger charge is -2.13. The quantitative estimate of drug-likeness (QED) is 0.878. The van der Waals surface area contributed by atoms with Gasteiger partial charge in [0.05, 0.1) is 0 Å². The van der Waals surface area contributed by atoms with Crippen LogP contribution in [0.1, 0.15) is 10.6 Å². The molecule has 1 aliphatic heterocycles. The van der Waals surface area contributed by atoms with Gasteiger partial charge in [-0.25, -0.2) is 4.79 Å². The van der Waals surface area contributed by atoms with E-state index in [4.69, 9.17) is 4.42 Å². The first kappa shape index (κ1) is 12.5. The third-order valence-electron chi connectivity index (χ3n) is 3.26. The van der Waals surface area contributed by atoms with Crippen molar-refractivity contribution in [1.29, 1.82) is 0 Å². The van der Waals surface area contributed by atoms with Crippen LogP contribution in [0, 0.1) is 0 Å². The van der Waals surface area contributed by atoms with Gasteiger partial charge in [0.25, 0.3) is 5.91 Å². The average Bonchev–Trinajstić information content (AvgIpc) is 3.05. The normalized spacial score (nSPS) is 14.6. The number of furan rings is 1. The topological polar surface area (TPSA) is 74.6 Å². The predicted molar refractivity (Wildman–Crippen MR) is 73.5 cm³/mol. The van der Waals surface area contributed by atoms with E-state index in [1.54, 1.807) is 11.0 Å². The summed E-state index contributed by atoms with van der Waals surface area (Å²) in [6.07, 6.45) is 0. The summed E-state index contributed by atoms with van der Waals surface area (Å²) in [5.74, 6) is 0.0258. The van der Waals surface area contributed by atoms with Crippen molar-refractivity contribution in [3.05, 3.63) is 36.1 Å². The third kappa shape index (κ3) is 2.45. The molecule has 20 heavy (non-hydrogen) atoms. The Labute approximate surface area is 115 Å². The van der Waals surface area contributed by atoms with Gasteiger partial charge in [-0.3, -0.25) is 4.79 Å². The number of fused-ring (bicyclic) bond motifs is 1. The lowest BCUT2D eigenvalue weighted by atomic mass is 10.2. The second-order valence-electron chi connectivity index (χ2n) is 4.62. The Kier molecular flexibility index (Phi) is 3.28. The van der Waals surface area contributed by atoms with Crippen LogP contribution >= 0.6 is 0 Å². The van der Waals surface area contributed by atoms with Gasteiger partial charge < -0.3 is 20.0 Å². The van der Waals surface area contributed by atoms with Gasteiger partial charge >= 0.3 is 6.03 Å². The highest BCUT2D eigenvalue weighted by atomic mass is 16.3. The maximum atomic E-state index is 11.9. The van der Waals surface area contributed by atoms with Crippen LogP contribution in [0.5, 0.6) is 0 Å². The molecule has 6 heteroatoms. The Morgan fingerprint density at radius 1 is 1.40 bits per heavy atom. The molecule has 0 bridgehead atoms. The lowest BCUT2D eigenvalue weighted by molar-refractivity contribution is 0.0925. The fourth-order valence-electron chi connectivity index (χ4n) is 2.21. The minimum Gasteiger partial charge on any atom is -0.451 e. The van der Waals surface area contributed by atoms with Gasteiger partial charge in [-0.1, -0.05) is 18.2 Å². The van der Waals surface area contributed by atoms with Crippen LogP contribution in [0.15, 0.2) is 34.7 Å². The van der Waals surface area contributed by atoms with E-state index in [2.05, 4.69) is 10.6 Å². The molecule has 3 rings (SSSR count). The van der Waals surface area contributed by atoms with Crippen molar-refractivity contribution < 1.29 is 14.0 Å². The maximum Gasteiger partial charge on any atom is 0.317 e. The highest BCUT2D eigenvalue weighted by Gasteiger charge is 2.19. The zero-order valence-electron chi connectivity index (χ0n) is 10.9. The van der Waals surface area contributed by atoms with Crippen molar-refractivity contribution >= 4 is 22.9 Å². The summed E-state index contributed by atoms with van der Waals surface area (Å²) in [4.78, 5) is 24.9. The fourth-order valence-corrected chi connectivity index (χ4v) is 2.21. The monoisotopic (exact) mass is 273 g/mol. The molecule has 0 aliphatic carbocycles. The third-order valence-corrected chi connectivity index (χ3v) is 3.26. The minimum atomic E-state index is -0.263. The number of rotatable bonds is 4. The Hall–Kier alpha value is -2.50. The number of benzene rings is 1. The molecule has 0 atom stereocenters. The summed E-state index contributed by atoms with van der Waals surface area (Å²) in [6, 6.07) is 9.10. The van der Waals surface area contributed by atoms with E-state index in [-0.39, 0.29) is 17.7 Å². The van der Waals surface area contributed by atoms with Crippen molar-refractivity contribution in [3.8, 4) is 0 Å². The average molecular weight is 273 g/mol. The highest BCUT2D eigenvalue weighted by Crippen LogP contribution is 2.18.